The normalized spacial score (nSPS) is 27.1. The van der Waals surface area contributed by atoms with Crippen LogP contribution in [0.4, 0.5) is 0 Å². The molecule has 2 aliphatic rings. The Labute approximate surface area is 206 Å². The quantitative estimate of drug-likeness (QED) is 0.502. The summed E-state index contributed by atoms with van der Waals surface area (Å²) in [5.41, 5.74) is 11.6. The molecular weight excluding hydrogens is 475 g/mol. The summed E-state index contributed by atoms with van der Waals surface area (Å²) in [6, 6.07) is 0. The van der Waals surface area contributed by atoms with E-state index in [1.54, 1.807) is 0 Å². The van der Waals surface area contributed by atoms with Crippen LogP contribution in [0.3, 0.4) is 0 Å². The minimum absolute atomic E-state index is 0. The molecule has 0 saturated heterocycles. The van der Waals surface area contributed by atoms with Crippen molar-refractivity contribution >= 4 is 36.8 Å². The molecule has 190 valence electrons. The Balaban J connectivity index is 0.00000272. The summed E-state index contributed by atoms with van der Waals surface area (Å²) in [4.78, 5) is 36.3. The summed E-state index contributed by atoms with van der Waals surface area (Å²) in [5, 5.41) is 0. The van der Waals surface area contributed by atoms with Gasteiger partial charge in [-0.05, 0) is 75.8 Å². The van der Waals surface area contributed by atoms with Crippen molar-refractivity contribution in [2.75, 3.05) is 13.1 Å². The zero-order chi connectivity index (χ0) is 22.4. The zero-order valence-corrected chi connectivity index (χ0v) is 20.7. The second kappa shape index (κ2) is 13.4. The van der Waals surface area contributed by atoms with E-state index in [0.717, 1.165) is 51.4 Å². The molecule has 1 heterocycles. The first-order valence-corrected chi connectivity index (χ1v) is 11.2. The van der Waals surface area contributed by atoms with Gasteiger partial charge >= 0.3 is 17.8 Å². The number of esters is 2. The summed E-state index contributed by atoms with van der Waals surface area (Å²) < 4.78 is 20.7. The van der Waals surface area contributed by atoms with Crippen LogP contribution in [0.1, 0.15) is 69.8 Å². The van der Waals surface area contributed by atoms with Crippen LogP contribution in [0.2, 0.25) is 0 Å². The van der Waals surface area contributed by atoms with Crippen LogP contribution in [-0.2, 0) is 32.3 Å². The van der Waals surface area contributed by atoms with Crippen LogP contribution < -0.4 is 17.3 Å². The fourth-order valence-corrected chi connectivity index (χ4v) is 4.45. The van der Waals surface area contributed by atoms with E-state index in [1.165, 1.54) is 0 Å². The molecular formula is C22H36Cl2N2O7. The van der Waals surface area contributed by atoms with Gasteiger partial charge in [0.25, 0.3) is 0 Å². The van der Waals surface area contributed by atoms with Crippen LogP contribution in [0.15, 0.2) is 13.6 Å². The molecule has 0 aromatic carbocycles. The number of carbonyl (C=O) groups excluding carboxylic acids is 2. The van der Waals surface area contributed by atoms with Crippen molar-refractivity contribution in [3.8, 4) is 0 Å². The smallest absolute Gasteiger partial charge is 0.457 e. The molecule has 1 aromatic heterocycles. The first-order valence-electron chi connectivity index (χ1n) is 11.2. The number of carbonyl (C=O) groups is 2. The Kier molecular flexibility index (Phi) is 11.9. The molecule has 0 radical (unpaired) electrons. The van der Waals surface area contributed by atoms with Gasteiger partial charge < -0.3 is 29.8 Å². The van der Waals surface area contributed by atoms with E-state index in [9.17, 15) is 14.4 Å². The predicted molar refractivity (Wildman–Crippen MR) is 125 cm³/mol. The van der Waals surface area contributed by atoms with Crippen LogP contribution >= 0.6 is 24.8 Å². The number of halogens is 2. The van der Waals surface area contributed by atoms with Crippen molar-refractivity contribution in [3.05, 3.63) is 22.1 Å². The van der Waals surface area contributed by atoms with E-state index in [0.29, 0.717) is 19.0 Å². The van der Waals surface area contributed by atoms with E-state index in [4.69, 9.17) is 29.8 Å². The van der Waals surface area contributed by atoms with Crippen molar-refractivity contribution in [1.29, 1.82) is 0 Å². The maximum absolute atomic E-state index is 12.4. The minimum Gasteiger partial charge on any atom is -0.457 e. The Hall–Kier alpha value is -1.55. The topological polar surface area (TPSA) is 148 Å². The van der Waals surface area contributed by atoms with Gasteiger partial charge in [0.05, 0.1) is 11.8 Å². The van der Waals surface area contributed by atoms with E-state index in [1.807, 2.05) is 0 Å². The highest BCUT2D eigenvalue weighted by Gasteiger charge is 2.34. The molecule has 4 N–H and O–H groups in total. The highest BCUT2D eigenvalue weighted by Crippen LogP contribution is 2.38. The molecule has 0 bridgehead atoms. The Morgan fingerprint density at radius 1 is 0.879 bits per heavy atom. The van der Waals surface area contributed by atoms with Gasteiger partial charge in [0.15, 0.2) is 24.7 Å². The first kappa shape index (κ1) is 29.5. The molecule has 0 unspecified atom stereocenters. The fraction of sp³-hybridized carbons (Fsp3) is 0.773. The molecule has 3 rings (SSSR count). The zero-order valence-electron chi connectivity index (χ0n) is 19.0. The Morgan fingerprint density at radius 2 is 1.33 bits per heavy atom. The van der Waals surface area contributed by atoms with E-state index in [2.05, 4.69) is 6.92 Å². The van der Waals surface area contributed by atoms with Crippen LogP contribution in [-0.4, -0.2) is 25.0 Å². The van der Waals surface area contributed by atoms with Crippen molar-refractivity contribution in [3.63, 3.8) is 0 Å². The molecule has 1 aromatic rings. The van der Waals surface area contributed by atoms with Gasteiger partial charge in [0.2, 0.25) is 0 Å². The SMILES string of the molecule is CC1(CN)CCC(C(=O)OCc2oc(=O)oc2COC(=O)C2CCC(CN)CC2)CC1.Cl.Cl. The fourth-order valence-electron chi connectivity index (χ4n) is 4.45. The molecule has 2 saturated carbocycles. The monoisotopic (exact) mass is 510 g/mol. The average molecular weight is 511 g/mol. The van der Waals surface area contributed by atoms with Crippen molar-refractivity contribution in [2.45, 2.75) is 71.5 Å². The lowest BCUT2D eigenvalue weighted by molar-refractivity contribution is -0.154. The Bertz CT molecular complexity index is 810. The summed E-state index contributed by atoms with van der Waals surface area (Å²) in [7, 11) is 0. The third kappa shape index (κ3) is 8.02. The molecule has 0 spiro atoms. The summed E-state index contributed by atoms with van der Waals surface area (Å²) >= 11 is 0. The largest absolute Gasteiger partial charge is 0.519 e. The highest BCUT2D eigenvalue weighted by atomic mass is 35.5. The van der Waals surface area contributed by atoms with Gasteiger partial charge in [-0.25, -0.2) is 4.79 Å². The lowest BCUT2D eigenvalue weighted by Crippen LogP contribution is -2.34. The van der Waals surface area contributed by atoms with Gasteiger partial charge in [-0.15, -0.1) is 24.8 Å². The van der Waals surface area contributed by atoms with E-state index in [-0.39, 0.29) is 78.7 Å². The molecule has 9 nitrogen and oxygen atoms in total. The average Bonchev–Trinajstić information content (AvgIpc) is 3.15. The molecule has 33 heavy (non-hydrogen) atoms. The Morgan fingerprint density at radius 3 is 1.76 bits per heavy atom. The standard InChI is InChI=1S/C22H34N2O7.2ClH/c1-22(13-24)8-6-16(7-9-22)20(26)29-12-18-17(30-21(27)31-18)11-28-19(25)15-4-2-14(10-23)3-5-15;;/h14-16H,2-13,23-24H2,1H3;2*1H. The number of rotatable bonds is 8. The number of nitrogens with two attached hydrogens (primary N) is 2. The predicted octanol–water partition coefficient (Wildman–Crippen LogP) is 3.08. The highest BCUT2D eigenvalue weighted by molar-refractivity contribution is 5.85. The summed E-state index contributed by atoms with van der Waals surface area (Å²) in [6.07, 6.45) is 6.48. The first-order chi connectivity index (χ1) is 14.8. The van der Waals surface area contributed by atoms with Crippen LogP contribution in [0.25, 0.3) is 0 Å². The lowest BCUT2D eigenvalue weighted by atomic mass is 9.72. The molecule has 0 aliphatic heterocycles. The molecule has 2 fully saturated rings. The second-order valence-corrected chi connectivity index (χ2v) is 9.26. The number of hydrogen-bond acceptors (Lipinski definition) is 9. The third-order valence-corrected chi connectivity index (χ3v) is 6.95. The number of hydrogen-bond donors (Lipinski definition) is 2. The van der Waals surface area contributed by atoms with Gasteiger partial charge in [-0.3, -0.25) is 9.59 Å². The summed E-state index contributed by atoms with van der Waals surface area (Å²) in [5.74, 6) is -1.34. The maximum Gasteiger partial charge on any atom is 0.519 e. The van der Waals surface area contributed by atoms with Gasteiger partial charge in [0.1, 0.15) is 0 Å². The van der Waals surface area contributed by atoms with E-state index >= 15 is 0 Å². The second-order valence-electron chi connectivity index (χ2n) is 9.26. The molecule has 0 amide bonds. The molecule has 0 atom stereocenters. The van der Waals surface area contributed by atoms with Gasteiger partial charge in [0, 0.05) is 0 Å². The third-order valence-electron chi connectivity index (χ3n) is 6.95. The molecule has 2 aliphatic carbocycles. The van der Waals surface area contributed by atoms with Gasteiger partial charge in [-0.2, -0.15) is 0 Å². The minimum atomic E-state index is -0.920. The van der Waals surface area contributed by atoms with Crippen molar-refractivity contribution < 1.29 is 27.9 Å². The van der Waals surface area contributed by atoms with Crippen LogP contribution in [0, 0.1) is 23.2 Å². The maximum atomic E-state index is 12.4. The van der Waals surface area contributed by atoms with Crippen molar-refractivity contribution in [2.24, 2.45) is 34.6 Å². The summed E-state index contributed by atoms with van der Waals surface area (Å²) in [6.45, 7) is 2.91. The van der Waals surface area contributed by atoms with Crippen molar-refractivity contribution in [1.82, 2.24) is 0 Å². The molecule has 11 heteroatoms. The lowest BCUT2D eigenvalue weighted by Gasteiger charge is -2.35. The number of ether oxygens (including phenoxy) is 2. The van der Waals surface area contributed by atoms with Gasteiger partial charge in [-0.1, -0.05) is 6.92 Å². The van der Waals surface area contributed by atoms with Crippen LogP contribution in [0.5, 0.6) is 0 Å². The van der Waals surface area contributed by atoms with E-state index < -0.39 is 5.82 Å².